The van der Waals surface area contributed by atoms with Gasteiger partial charge in [0.2, 0.25) is 0 Å². The molecular formula is C14H16IN3O2. The van der Waals surface area contributed by atoms with Gasteiger partial charge in [-0.25, -0.2) is 9.97 Å². The number of rotatable bonds is 6. The first-order valence-electron chi connectivity index (χ1n) is 6.36. The fourth-order valence-corrected chi connectivity index (χ4v) is 2.11. The molecule has 1 aromatic heterocycles. The summed E-state index contributed by atoms with van der Waals surface area (Å²) in [5.74, 6) is 2.24. The minimum absolute atomic E-state index is 0.592. The van der Waals surface area contributed by atoms with E-state index in [1.165, 1.54) is 6.33 Å². The van der Waals surface area contributed by atoms with E-state index in [1.54, 1.807) is 6.20 Å². The first-order valence-corrected chi connectivity index (χ1v) is 7.44. The van der Waals surface area contributed by atoms with E-state index >= 15 is 0 Å². The molecule has 0 unspecified atom stereocenters. The lowest BCUT2D eigenvalue weighted by Crippen LogP contribution is -2.01. The van der Waals surface area contributed by atoms with Gasteiger partial charge in [0.15, 0.2) is 11.5 Å². The summed E-state index contributed by atoms with van der Waals surface area (Å²) in [6.07, 6.45) is 3.27. The van der Waals surface area contributed by atoms with Crippen LogP contribution in [0.25, 0.3) is 0 Å². The number of anilines is 2. The van der Waals surface area contributed by atoms with Gasteiger partial charge >= 0.3 is 0 Å². The molecule has 20 heavy (non-hydrogen) atoms. The van der Waals surface area contributed by atoms with E-state index in [9.17, 15) is 0 Å². The van der Waals surface area contributed by atoms with E-state index < -0.39 is 0 Å². The highest BCUT2D eigenvalue weighted by Crippen LogP contribution is 2.32. The van der Waals surface area contributed by atoms with Crippen molar-refractivity contribution in [3.63, 3.8) is 0 Å². The average molecular weight is 385 g/mol. The van der Waals surface area contributed by atoms with Crippen LogP contribution in [0.3, 0.4) is 0 Å². The summed E-state index contributed by atoms with van der Waals surface area (Å²) < 4.78 is 12.1. The maximum atomic E-state index is 5.60. The molecule has 0 aliphatic carbocycles. The van der Waals surface area contributed by atoms with Gasteiger partial charge in [-0.15, -0.1) is 0 Å². The lowest BCUT2D eigenvalue weighted by molar-refractivity contribution is 0.288. The normalized spacial score (nSPS) is 10.2. The van der Waals surface area contributed by atoms with Crippen LogP contribution >= 0.6 is 22.6 Å². The number of hydrogen-bond acceptors (Lipinski definition) is 5. The van der Waals surface area contributed by atoms with Crippen LogP contribution in [0.1, 0.15) is 13.8 Å². The highest BCUT2D eigenvalue weighted by Gasteiger charge is 2.08. The molecule has 5 nitrogen and oxygen atoms in total. The summed E-state index contributed by atoms with van der Waals surface area (Å²) >= 11 is 2.19. The Hall–Kier alpha value is -1.57. The molecule has 2 aromatic rings. The van der Waals surface area contributed by atoms with Gasteiger partial charge in [-0.3, -0.25) is 0 Å². The molecule has 0 aliphatic rings. The second-order valence-corrected chi connectivity index (χ2v) is 5.03. The molecule has 0 aliphatic heterocycles. The van der Waals surface area contributed by atoms with Crippen LogP contribution in [0, 0.1) is 3.57 Å². The number of nitrogens with zero attached hydrogens (tertiary/aromatic N) is 2. The van der Waals surface area contributed by atoms with Gasteiger partial charge in [0.1, 0.15) is 12.1 Å². The monoisotopic (exact) mass is 385 g/mol. The van der Waals surface area contributed by atoms with Crippen LogP contribution in [-0.2, 0) is 0 Å². The fraction of sp³-hybridized carbons (Fsp3) is 0.286. The molecule has 0 fully saturated rings. The lowest BCUT2D eigenvalue weighted by atomic mass is 10.2. The maximum absolute atomic E-state index is 5.60. The van der Waals surface area contributed by atoms with E-state index in [1.807, 2.05) is 32.0 Å². The van der Waals surface area contributed by atoms with Crippen LogP contribution in [0.4, 0.5) is 11.5 Å². The zero-order valence-corrected chi connectivity index (χ0v) is 13.5. The minimum atomic E-state index is 0.592. The number of ether oxygens (including phenoxy) is 2. The quantitative estimate of drug-likeness (QED) is 0.770. The third kappa shape index (κ3) is 3.72. The van der Waals surface area contributed by atoms with Crippen LogP contribution in [0.15, 0.2) is 30.7 Å². The van der Waals surface area contributed by atoms with Crippen molar-refractivity contribution in [2.24, 2.45) is 0 Å². The Morgan fingerprint density at radius 2 is 1.90 bits per heavy atom. The van der Waals surface area contributed by atoms with Crippen LogP contribution in [-0.4, -0.2) is 23.2 Å². The van der Waals surface area contributed by atoms with Crippen molar-refractivity contribution in [2.75, 3.05) is 18.5 Å². The molecule has 0 radical (unpaired) electrons. The number of hydrogen-bond donors (Lipinski definition) is 1. The Morgan fingerprint density at radius 1 is 1.15 bits per heavy atom. The molecule has 6 heteroatoms. The highest BCUT2D eigenvalue weighted by atomic mass is 127. The smallest absolute Gasteiger partial charge is 0.163 e. The van der Waals surface area contributed by atoms with Gasteiger partial charge in [0.25, 0.3) is 0 Å². The first-order chi connectivity index (χ1) is 9.74. The molecule has 2 rings (SSSR count). The first kappa shape index (κ1) is 14.8. The lowest BCUT2D eigenvalue weighted by Gasteiger charge is -2.13. The minimum Gasteiger partial charge on any atom is -0.490 e. The molecular weight excluding hydrogens is 369 g/mol. The van der Waals surface area contributed by atoms with Crippen molar-refractivity contribution in [2.45, 2.75) is 13.8 Å². The predicted molar refractivity (Wildman–Crippen MR) is 86.8 cm³/mol. The van der Waals surface area contributed by atoms with Gasteiger partial charge in [-0.05, 0) is 48.6 Å². The summed E-state index contributed by atoms with van der Waals surface area (Å²) in [7, 11) is 0. The van der Waals surface area contributed by atoms with E-state index in [0.717, 1.165) is 26.6 Å². The number of aromatic nitrogens is 2. The van der Waals surface area contributed by atoms with E-state index in [4.69, 9.17) is 9.47 Å². The van der Waals surface area contributed by atoms with Crippen molar-refractivity contribution in [3.05, 3.63) is 34.3 Å². The standard InChI is InChI=1S/C14H16IN3O2/c1-3-19-12-6-5-10(7-13(12)20-4-2)18-14-11(15)8-16-9-17-14/h5-9H,3-4H2,1-2H3,(H,16,17,18). The van der Waals surface area contributed by atoms with Crippen molar-refractivity contribution in [1.82, 2.24) is 9.97 Å². The number of benzene rings is 1. The Balaban J connectivity index is 2.24. The zero-order valence-electron chi connectivity index (χ0n) is 11.4. The molecule has 0 bridgehead atoms. The van der Waals surface area contributed by atoms with Crippen LogP contribution in [0.5, 0.6) is 11.5 Å². The van der Waals surface area contributed by atoms with Gasteiger partial charge in [0, 0.05) is 18.0 Å². The molecule has 106 valence electrons. The third-order valence-corrected chi connectivity index (χ3v) is 3.26. The Labute approximate surface area is 131 Å². The molecule has 0 atom stereocenters. The molecule has 0 amide bonds. The van der Waals surface area contributed by atoms with Gasteiger partial charge in [-0.2, -0.15) is 0 Å². The Bertz CT molecular complexity index is 578. The van der Waals surface area contributed by atoms with Crippen molar-refractivity contribution in [3.8, 4) is 11.5 Å². The predicted octanol–water partition coefficient (Wildman–Crippen LogP) is 3.62. The number of halogens is 1. The van der Waals surface area contributed by atoms with Crippen molar-refractivity contribution >= 4 is 34.1 Å². The van der Waals surface area contributed by atoms with Crippen molar-refractivity contribution in [1.29, 1.82) is 0 Å². The zero-order chi connectivity index (χ0) is 14.4. The topological polar surface area (TPSA) is 56.3 Å². The van der Waals surface area contributed by atoms with Gasteiger partial charge in [-0.1, -0.05) is 0 Å². The molecule has 1 aromatic carbocycles. The molecule has 1 heterocycles. The molecule has 0 spiro atoms. The summed E-state index contributed by atoms with van der Waals surface area (Å²) in [6.45, 7) is 5.10. The van der Waals surface area contributed by atoms with E-state index in [2.05, 4.69) is 37.9 Å². The summed E-state index contributed by atoms with van der Waals surface area (Å²) in [5, 5.41) is 3.25. The molecule has 1 N–H and O–H groups in total. The van der Waals surface area contributed by atoms with E-state index in [-0.39, 0.29) is 0 Å². The second-order valence-electron chi connectivity index (χ2n) is 3.87. The summed E-state index contributed by atoms with van der Waals surface area (Å²) in [6, 6.07) is 5.74. The maximum Gasteiger partial charge on any atom is 0.163 e. The Morgan fingerprint density at radius 3 is 2.60 bits per heavy atom. The van der Waals surface area contributed by atoms with E-state index in [0.29, 0.717) is 13.2 Å². The van der Waals surface area contributed by atoms with Gasteiger partial charge in [0.05, 0.1) is 16.8 Å². The largest absolute Gasteiger partial charge is 0.490 e. The fourth-order valence-electron chi connectivity index (χ4n) is 1.67. The molecule has 0 saturated carbocycles. The SMILES string of the molecule is CCOc1ccc(Nc2ncncc2I)cc1OCC. The third-order valence-electron chi connectivity index (χ3n) is 2.47. The highest BCUT2D eigenvalue weighted by molar-refractivity contribution is 14.1. The van der Waals surface area contributed by atoms with Gasteiger partial charge < -0.3 is 14.8 Å². The second kappa shape index (κ2) is 7.28. The summed E-state index contributed by atoms with van der Waals surface area (Å²) in [5.41, 5.74) is 0.897. The van der Waals surface area contributed by atoms with Crippen LogP contribution < -0.4 is 14.8 Å². The van der Waals surface area contributed by atoms with Crippen LogP contribution in [0.2, 0.25) is 0 Å². The number of nitrogens with one attached hydrogen (secondary N) is 1. The average Bonchev–Trinajstić information content (AvgIpc) is 2.45. The Kier molecular flexibility index (Phi) is 5.40. The summed E-state index contributed by atoms with van der Waals surface area (Å²) in [4.78, 5) is 8.17. The van der Waals surface area contributed by atoms with Crippen molar-refractivity contribution < 1.29 is 9.47 Å². The molecule has 0 saturated heterocycles.